The number of carbonyl (C=O) groups is 2. The van der Waals surface area contributed by atoms with Gasteiger partial charge in [-0.2, -0.15) is 0 Å². The number of carbonyl (C=O) groups excluding carboxylic acids is 1. The fourth-order valence-corrected chi connectivity index (χ4v) is 3.97. The Labute approximate surface area is 203 Å². The maximum Gasteiger partial charge on any atom is 0.336 e. The van der Waals surface area contributed by atoms with Crippen LogP contribution >= 0.6 is 0 Å². The molecule has 2 unspecified atom stereocenters. The zero-order chi connectivity index (χ0) is 25.7. The van der Waals surface area contributed by atoms with Gasteiger partial charge in [-0.15, -0.1) is 0 Å². The summed E-state index contributed by atoms with van der Waals surface area (Å²) in [6.45, 7) is 7.05. The Morgan fingerprint density at radius 3 is 2.31 bits per heavy atom. The second-order valence-corrected chi connectivity index (χ2v) is 8.60. The number of aliphatic carboxylic acids is 1. The van der Waals surface area contributed by atoms with Crippen LogP contribution in [0.5, 0.6) is 5.75 Å². The number of carboxylic acid groups (broad SMARTS) is 1. The zero-order valence-electron chi connectivity index (χ0n) is 20.0. The molecule has 1 heterocycles. The predicted molar refractivity (Wildman–Crippen MR) is 129 cm³/mol. The molecule has 2 N–H and O–H groups in total. The molecule has 9 heteroatoms. The molecule has 2 aromatic rings. The number of ether oxygens (including phenoxy) is 2. The minimum absolute atomic E-state index is 0.0202. The summed E-state index contributed by atoms with van der Waals surface area (Å²) in [5.74, 6) is -2.35. The number of para-hydroxylation sites is 1. The van der Waals surface area contributed by atoms with E-state index in [-0.39, 0.29) is 29.4 Å². The number of nitrogens with zero attached hydrogens (tertiary/aromatic N) is 1. The van der Waals surface area contributed by atoms with E-state index >= 15 is 0 Å². The summed E-state index contributed by atoms with van der Waals surface area (Å²) in [5, 5.41) is 24.2. The van der Waals surface area contributed by atoms with Crippen LogP contribution in [-0.4, -0.2) is 34.7 Å². The first-order valence-electron chi connectivity index (χ1n) is 11.1. The number of dihydropyridines is 1. The lowest BCUT2D eigenvalue weighted by Gasteiger charge is -2.30. The summed E-state index contributed by atoms with van der Waals surface area (Å²) in [6, 6.07) is 14.8. The number of nitro groups is 1. The first-order chi connectivity index (χ1) is 16.6. The van der Waals surface area contributed by atoms with Crippen molar-refractivity contribution in [1.29, 1.82) is 0 Å². The number of nitrogens with one attached hydrogen (secondary N) is 1. The standard InChI is InChI=1S/C26H28N2O7/c1-15(2)21(35-20-11-6-5-7-12-20)14-34-26(31)23-17(4)27-16(3)22(25(29)30)24(23)18-9-8-10-19(13-18)28(32)33/h5-13,15,21,24,27H,14H2,1-4H3,(H,29,30). The number of rotatable bonds is 9. The second kappa shape index (κ2) is 10.9. The summed E-state index contributed by atoms with van der Waals surface area (Å²) in [4.78, 5) is 36.3. The third-order valence-corrected chi connectivity index (χ3v) is 5.78. The number of benzene rings is 2. The molecule has 0 amide bonds. The summed E-state index contributed by atoms with van der Waals surface area (Å²) in [5.41, 5.74) is 0.865. The second-order valence-electron chi connectivity index (χ2n) is 8.60. The molecule has 184 valence electrons. The smallest absolute Gasteiger partial charge is 0.336 e. The number of hydrogen-bond acceptors (Lipinski definition) is 7. The molecule has 1 aliphatic rings. The Bertz CT molecular complexity index is 1190. The topological polar surface area (TPSA) is 128 Å². The van der Waals surface area contributed by atoms with Crippen molar-refractivity contribution in [3.63, 3.8) is 0 Å². The van der Waals surface area contributed by atoms with Crippen LogP contribution in [0.4, 0.5) is 5.69 Å². The molecule has 0 aliphatic carbocycles. The third-order valence-electron chi connectivity index (χ3n) is 5.78. The number of carboxylic acids is 1. The van der Waals surface area contributed by atoms with Crippen LogP contribution in [0.3, 0.4) is 0 Å². The van der Waals surface area contributed by atoms with Crippen LogP contribution in [0.1, 0.15) is 39.2 Å². The van der Waals surface area contributed by atoms with E-state index in [0.717, 1.165) is 0 Å². The van der Waals surface area contributed by atoms with Gasteiger partial charge in [-0.05, 0) is 37.5 Å². The van der Waals surface area contributed by atoms with E-state index in [0.29, 0.717) is 22.7 Å². The van der Waals surface area contributed by atoms with Gasteiger partial charge < -0.3 is 19.9 Å². The highest BCUT2D eigenvalue weighted by atomic mass is 16.6. The average Bonchev–Trinajstić information content (AvgIpc) is 2.81. The molecule has 0 radical (unpaired) electrons. The number of non-ortho nitro benzene ring substituents is 1. The fraction of sp³-hybridized carbons (Fsp3) is 0.308. The Kier molecular flexibility index (Phi) is 7.91. The van der Waals surface area contributed by atoms with Gasteiger partial charge in [0.2, 0.25) is 0 Å². The zero-order valence-corrected chi connectivity index (χ0v) is 20.0. The van der Waals surface area contributed by atoms with Crippen LogP contribution in [0, 0.1) is 16.0 Å². The van der Waals surface area contributed by atoms with Crippen molar-refractivity contribution in [2.45, 2.75) is 39.7 Å². The van der Waals surface area contributed by atoms with Crippen molar-refractivity contribution in [3.05, 3.63) is 92.8 Å². The average molecular weight is 481 g/mol. The lowest BCUT2D eigenvalue weighted by atomic mass is 9.80. The molecule has 3 rings (SSSR count). The van der Waals surface area contributed by atoms with Gasteiger partial charge in [-0.3, -0.25) is 10.1 Å². The van der Waals surface area contributed by atoms with Crippen LogP contribution in [-0.2, 0) is 14.3 Å². The Morgan fingerprint density at radius 2 is 1.71 bits per heavy atom. The van der Waals surface area contributed by atoms with Gasteiger partial charge in [-0.1, -0.05) is 44.2 Å². The van der Waals surface area contributed by atoms with E-state index in [1.165, 1.54) is 18.2 Å². The number of nitro benzene ring substituents is 1. The molecule has 1 aliphatic heterocycles. The van der Waals surface area contributed by atoms with Crippen molar-refractivity contribution in [3.8, 4) is 5.75 Å². The molecule has 0 fully saturated rings. The van der Waals surface area contributed by atoms with E-state index < -0.39 is 28.9 Å². The summed E-state index contributed by atoms with van der Waals surface area (Å²) < 4.78 is 11.6. The SMILES string of the molecule is CC1=C(C(=O)O)C(c2cccc([N+](=O)[O-])c2)C(C(=O)OCC(Oc2ccccc2)C(C)C)=C(C)N1. The van der Waals surface area contributed by atoms with Gasteiger partial charge in [0.15, 0.2) is 0 Å². The maximum absolute atomic E-state index is 13.3. The van der Waals surface area contributed by atoms with Gasteiger partial charge in [0.25, 0.3) is 5.69 Å². The van der Waals surface area contributed by atoms with Crippen molar-refractivity contribution < 1.29 is 29.1 Å². The largest absolute Gasteiger partial charge is 0.487 e. The molecule has 2 aromatic carbocycles. The molecule has 0 saturated carbocycles. The molecule has 9 nitrogen and oxygen atoms in total. The maximum atomic E-state index is 13.3. The van der Waals surface area contributed by atoms with Crippen molar-refractivity contribution in [2.75, 3.05) is 6.61 Å². The summed E-state index contributed by atoms with van der Waals surface area (Å²) in [6.07, 6.45) is -0.439. The van der Waals surface area contributed by atoms with Crippen molar-refractivity contribution in [2.24, 2.45) is 5.92 Å². The lowest BCUT2D eigenvalue weighted by molar-refractivity contribution is -0.384. The molecule has 0 spiro atoms. The first kappa shape index (κ1) is 25.5. The highest BCUT2D eigenvalue weighted by Gasteiger charge is 2.38. The van der Waals surface area contributed by atoms with E-state index in [9.17, 15) is 24.8 Å². The third kappa shape index (κ3) is 5.87. The highest BCUT2D eigenvalue weighted by molar-refractivity contribution is 5.99. The minimum Gasteiger partial charge on any atom is -0.487 e. The molecular formula is C26H28N2O7. The van der Waals surface area contributed by atoms with Gasteiger partial charge in [0, 0.05) is 23.5 Å². The molecule has 2 atom stereocenters. The van der Waals surface area contributed by atoms with E-state index in [4.69, 9.17) is 9.47 Å². The molecular weight excluding hydrogens is 452 g/mol. The van der Waals surface area contributed by atoms with Crippen LogP contribution in [0.2, 0.25) is 0 Å². The Hall–Kier alpha value is -4.14. The molecule has 0 saturated heterocycles. The predicted octanol–water partition coefficient (Wildman–Crippen LogP) is 4.56. The van der Waals surface area contributed by atoms with Crippen molar-refractivity contribution >= 4 is 17.6 Å². The molecule has 35 heavy (non-hydrogen) atoms. The fourth-order valence-electron chi connectivity index (χ4n) is 3.97. The van der Waals surface area contributed by atoms with Gasteiger partial charge in [0.1, 0.15) is 18.5 Å². The first-order valence-corrected chi connectivity index (χ1v) is 11.1. The highest BCUT2D eigenvalue weighted by Crippen LogP contribution is 2.39. The monoisotopic (exact) mass is 480 g/mol. The van der Waals surface area contributed by atoms with Gasteiger partial charge in [0.05, 0.1) is 22.0 Å². The van der Waals surface area contributed by atoms with E-state index in [1.807, 2.05) is 32.0 Å². The van der Waals surface area contributed by atoms with Crippen LogP contribution in [0.25, 0.3) is 0 Å². The van der Waals surface area contributed by atoms with Crippen molar-refractivity contribution in [1.82, 2.24) is 5.32 Å². The van der Waals surface area contributed by atoms with Gasteiger partial charge >= 0.3 is 11.9 Å². The number of hydrogen-bond donors (Lipinski definition) is 2. The number of allylic oxidation sites excluding steroid dienone is 2. The van der Waals surface area contributed by atoms with Crippen LogP contribution in [0.15, 0.2) is 77.1 Å². The number of esters is 1. The lowest BCUT2D eigenvalue weighted by Crippen LogP contribution is -2.34. The van der Waals surface area contributed by atoms with Crippen LogP contribution < -0.4 is 10.1 Å². The summed E-state index contributed by atoms with van der Waals surface area (Å²) >= 11 is 0. The molecule has 0 aromatic heterocycles. The Balaban J connectivity index is 1.93. The minimum atomic E-state index is -1.24. The normalized spacial score (nSPS) is 16.5. The summed E-state index contributed by atoms with van der Waals surface area (Å²) in [7, 11) is 0. The Morgan fingerprint density at radius 1 is 1.06 bits per heavy atom. The quantitative estimate of drug-likeness (QED) is 0.304. The van der Waals surface area contributed by atoms with E-state index in [2.05, 4.69) is 5.32 Å². The van der Waals surface area contributed by atoms with E-state index in [1.54, 1.807) is 32.0 Å². The molecule has 0 bridgehead atoms. The van der Waals surface area contributed by atoms with Gasteiger partial charge in [-0.25, -0.2) is 9.59 Å².